The highest BCUT2D eigenvalue weighted by molar-refractivity contribution is 6.59. The van der Waals surface area contributed by atoms with Gasteiger partial charge in [0.05, 0.1) is 12.0 Å². The molecule has 2 nitrogen and oxygen atoms in total. The number of nitrogens with one attached hydrogen (secondary N) is 1. The number of hydrogen-bond acceptors (Lipinski definition) is 1. The van der Waals surface area contributed by atoms with Crippen LogP contribution in [0.1, 0.15) is 26.0 Å². The second-order valence-corrected chi connectivity index (χ2v) is 8.58. The Bertz CT molecular complexity index is 239. The van der Waals surface area contributed by atoms with Crippen molar-refractivity contribution in [2.24, 2.45) is 0 Å². The van der Waals surface area contributed by atoms with E-state index in [1.807, 2.05) is 6.20 Å². The van der Waals surface area contributed by atoms with Crippen LogP contribution in [0.2, 0.25) is 18.1 Å². The van der Waals surface area contributed by atoms with E-state index in [2.05, 4.69) is 36.9 Å². The Morgan fingerprint density at radius 3 is 2.62 bits per heavy atom. The van der Waals surface area contributed by atoms with Crippen LogP contribution in [0.4, 0.5) is 0 Å². The average molecular weight is 196 g/mol. The van der Waals surface area contributed by atoms with Gasteiger partial charge < -0.3 is 4.98 Å². The molecule has 74 valence electrons. The molecule has 0 atom stereocenters. The lowest BCUT2D eigenvalue weighted by Gasteiger charge is -2.27. The summed E-state index contributed by atoms with van der Waals surface area (Å²) in [6.07, 6.45) is 6.14. The van der Waals surface area contributed by atoms with Crippen molar-refractivity contribution in [3.63, 3.8) is 0 Å². The summed E-state index contributed by atoms with van der Waals surface area (Å²) in [4.78, 5) is 7.23. The molecule has 0 aliphatic heterocycles. The predicted molar refractivity (Wildman–Crippen MR) is 59.8 cm³/mol. The lowest BCUT2D eigenvalue weighted by atomic mass is 10.1. The van der Waals surface area contributed by atoms with Crippen LogP contribution < -0.4 is 0 Å². The van der Waals surface area contributed by atoms with Crippen LogP contribution in [0.15, 0.2) is 12.5 Å². The summed E-state index contributed by atoms with van der Waals surface area (Å²) in [7, 11) is -0.540. The molecule has 1 rings (SSSR count). The molecule has 0 saturated heterocycles. The molecule has 1 aromatic heterocycles. The van der Waals surface area contributed by atoms with Gasteiger partial charge in [-0.05, 0) is 17.9 Å². The van der Waals surface area contributed by atoms with Crippen LogP contribution in [0.3, 0.4) is 0 Å². The number of nitrogens with zero attached hydrogens (tertiary/aromatic N) is 1. The van der Waals surface area contributed by atoms with Gasteiger partial charge in [-0.15, -0.1) is 0 Å². The summed E-state index contributed by atoms with van der Waals surface area (Å²) < 4.78 is 0. The molecule has 0 bridgehead atoms. The van der Waals surface area contributed by atoms with Crippen LogP contribution in [-0.4, -0.2) is 18.8 Å². The Labute approximate surface area is 82.4 Å². The summed E-state index contributed by atoms with van der Waals surface area (Å²) in [6.45, 7) is 9.61. The zero-order valence-corrected chi connectivity index (χ0v) is 10.2. The second-order valence-electron chi connectivity index (χ2n) is 4.70. The molecule has 0 saturated carbocycles. The monoisotopic (exact) mass is 196 g/mol. The second kappa shape index (κ2) is 4.09. The van der Waals surface area contributed by atoms with Crippen molar-refractivity contribution < 1.29 is 0 Å². The molecule has 1 heterocycles. The van der Waals surface area contributed by atoms with E-state index in [9.17, 15) is 0 Å². The topological polar surface area (TPSA) is 28.7 Å². The van der Waals surface area contributed by atoms with Crippen molar-refractivity contribution in [2.45, 2.75) is 44.8 Å². The minimum atomic E-state index is -0.540. The molecule has 1 N–H and O–H groups in total. The number of rotatable bonds is 4. The highest BCUT2D eigenvalue weighted by atomic mass is 28.3. The van der Waals surface area contributed by atoms with E-state index in [1.165, 1.54) is 12.1 Å². The summed E-state index contributed by atoms with van der Waals surface area (Å²) in [5, 5.41) is 0.555. The van der Waals surface area contributed by atoms with Crippen LogP contribution in [0, 0.1) is 0 Å². The van der Waals surface area contributed by atoms with Gasteiger partial charge in [-0.2, -0.15) is 0 Å². The smallest absolute Gasteiger partial charge is 0.0923 e. The number of hydrogen-bond donors (Lipinski definition) is 1. The zero-order valence-electron chi connectivity index (χ0n) is 9.09. The van der Waals surface area contributed by atoms with Crippen LogP contribution >= 0.6 is 0 Å². The molecule has 0 spiro atoms. The molecular weight excluding hydrogens is 176 g/mol. The van der Waals surface area contributed by atoms with Gasteiger partial charge in [0.2, 0.25) is 0 Å². The van der Waals surface area contributed by atoms with Gasteiger partial charge >= 0.3 is 0 Å². The number of aromatic amines is 1. The van der Waals surface area contributed by atoms with E-state index in [4.69, 9.17) is 0 Å². The van der Waals surface area contributed by atoms with E-state index in [0.717, 1.165) is 6.42 Å². The Morgan fingerprint density at radius 2 is 2.15 bits per heavy atom. The quantitative estimate of drug-likeness (QED) is 0.737. The third-order valence-electron chi connectivity index (χ3n) is 3.14. The summed E-state index contributed by atoms with van der Waals surface area (Å²) >= 11 is 0. The first kappa shape index (κ1) is 10.5. The average Bonchev–Trinajstić information content (AvgIpc) is 2.52. The van der Waals surface area contributed by atoms with Crippen LogP contribution in [-0.2, 0) is 6.42 Å². The fourth-order valence-electron chi connectivity index (χ4n) is 1.17. The zero-order chi connectivity index (χ0) is 9.90. The van der Waals surface area contributed by atoms with Gasteiger partial charge in [0.15, 0.2) is 0 Å². The van der Waals surface area contributed by atoms with Crippen molar-refractivity contribution >= 4 is 8.80 Å². The van der Waals surface area contributed by atoms with Gasteiger partial charge in [-0.3, -0.25) is 0 Å². The number of H-pyrrole nitrogens is 1. The van der Waals surface area contributed by atoms with Gasteiger partial charge in [0.1, 0.15) is 0 Å². The first-order chi connectivity index (χ1) is 6.02. The maximum absolute atomic E-state index is 4.24. The number of imidazole rings is 1. The van der Waals surface area contributed by atoms with Gasteiger partial charge in [0, 0.05) is 15.0 Å². The Balaban J connectivity index is 2.42. The van der Waals surface area contributed by atoms with Gasteiger partial charge in [-0.25, -0.2) is 4.98 Å². The van der Waals surface area contributed by atoms with Crippen molar-refractivity contribution in [2.75, 3.05) is 0 Å². The molecule has 0 radical (unpaired) electrons. The summed E-state index contributed by atoms with van der Waals surface area (Å²) in [6, 6.07) is 0. The number of aryl methyl sites for hydroxylation is 1. The Kier molecular flexibility index (Phi) is 3.31. The van der Waals surface area contributed by atoms with E-state index >= 15 is 0 Å². The first-order valence-electron chi connectivity index (χ1n) is 5.00. The third kappa shape index (κ3) is 2.99. The van der Waals surface area contributed by atoms with Gasteiger partial charge in [-0.1, -0.05) is 26.9 Å². The molecular formula is C10H20N2Si. The number of aromatic nitrogens is 2. The van der Waals surface area contributed by atoms with Crippen LogP contribution in [0.25, 0.3) is 0 Å². The van der Waals surface area contributed by atoms with Crippen molar-refractivity contribution in [1.82, 2.24) is 9.97 Å². The molecule has 13 heavy (non-hydrogen) atoms. The highest BCUT2D eigenvalue weighted by Crippen LogP contribution is 2.33. The van der Waals surface area contributed by atoms with E-state index < -0.39 is 8.80 Å². The molecule has 0 aromatic carbocycles. The largest absolute Gasteiger partial charge is 0.351 e. The lowest BCUT2D eigenvalue weighted by molar-refractivity contribution is 0.591. The third-order valence-corrected chi connectivity index (χ3v) is 6.56. The van der Waals surface area contributed by atoms with E-state index in [0.29, 0.717) is 5.04 Å². The normalized spacial score (nSPS) is 12.4. The molecule has 0 amide bonds. The minimum Gasteiger partial charge on any atom is -0.351 e. The maximum Gasteiger partial charge on any atom is 0.0923 e. The molecule has 1 aromatic rings. The standard InChI is InChI=1S/C10H20N2Si/c1-10(2,13(3)4)6-5-9-7-11-8-12-9/h7-8,13H,5-6H2,1-4H3,(H,11,12). The predicted octanol–water partition coefficient (Wildman–Crippen LogP) is 2.61. The van der Waals surface area contributed by atoms with E-state index in [1.54, 1.807) is 6.33 Å². The van der Waals surface area contributed by atoms with E-state index in [-0.39, 0.29) is 0 Å². The van der Waals surface area contributed by atoms with Crippen molar-refractivity contribution in [1.29, 1.82) is 0 Å². The summed E-state index contributed by atoms with van der Waals surface area (Å²) in [5.74, 6) is 0. The molecule has 0 fully saturated rings. The SMILES string of the molecule is C[SiH](C)C(C)(C)CCc1c[nH]cn1. The Hall–Kier alpha value is -0.573. The van der Waals surface area contributed by atoms with Crippen LogP contribution in [0.5, 0.6) is 0 Å². The molecule has 0 aliphatic carbocycles. The fourth-order valence-corrected chi connectivity index (χ4v) is 1.89. The van der Waals surface area contributed by atoms with Crippen molar-refractivity contribution in [3.05, 3.63) is 18.2 Å². The molecule has 0 aliphatic rings. The molecule has 0 unspecified atom stereocenters. The fraction of sp³-hybridized carbons (Fsp3) is 0.700. The minimum absolute atomic E-state index is 0.540. The Morgan fingerprint density at radius 1 is 1.46 bits per heavy atom. The van der Waals surface area contributed by atoms with Gasteiger partial charge in [0.25, 0.3) is 0 Å². The maximum atomic E-state index is 4.24. The summed E-state index contributed by atoms with van der Waals surface area (Å²) in [5.41, 5.74) is 1.20. The van der Waals surface area contributed by atoms with Crippen molar-refractivity contribution in [3.8, 4) is 0 Å². The highest BCUT2D eigenvalue weighted by Gasteiger charge is 2.22. The lowest BCUT2D eigenvalue weighted by Crippen LogP contribution is -2.21. The first-order valence-corrected chi connectivity index (χ1v) is 7.89. The molecule has 3 heteroatoms.